The second-order valence-electron chi connectivity index (χ2n) is 6.88. The largest absolute Gasteiger partial charge is 0.391 e. The number of fused-ring (bicyclic) bond motifs is 1. The molecule has 2 N–H and O–H groups in total. The highest BCUT2D eigenvalue weighted by molar-refractivity contribution is 5.57. The maximum atomic E-state index is 10.4. The average molecular weight is 324 g/mol. The number of anilines is 1. The Balaban J connectivity index is 1.56. The summed E-state index contributed by atoms with van der Waals surface area (Å²) in [6.45, 7) is 0.565. The van der Waals surface area contributed by atoms with Crippen LogP contribution in [0.3, 0.4) is 0 Å². The Bertz CT molecular complexity index is 698. The fraction of sp³-hybridized carbons (Fsp3) is 0.526. The smallest absolute Gasteiger partial charge is 0.180 e. The van der Waals surface area contributed by atoms with E-state index < -0.39 is 0 Å². The lowest BCUT2D eigenvalue weighted by Crippen LogP contribution is -2.27. The Hall–Kier alpha value is -2.01. The van der Waals surface area contributed by atoms with Gasteiger partial charge in [-0.15, -0.1) is 0 Å². The van der Waals surface area contributed by atoms with Gasteiger partial charge in [0.1, 0.15) is 11.5 Å². The molecule has 0 aromatic carbocycles. The van der Waals surface area contributed by atoms with Crippen molar-refractivity contribution in [2.75, 3.05) is 11.9 Å². The first-order valence-corrected chi connectivity index (χ1v) is 9.04. The highest BCUT2D eigenvalue weighted by atomic mass is 16.3. The molecule has 0 radical (unpaired) electrons. The topological polar surface area (TPSA) is 70.9 Å². The molecule has 0 bridgehead atoms. The normalized spacial score (nSPS) is 18.5. The number of aliphatic hydroxyl groups is 1. The van der Waals surface area contributed by atoms with Crippen molar-refractivity contribution in [1.29, 1.82) is 0 Å². The average Bonchev–Trinajstić information content (AvgIpc) is 3.31. The number of aryl methyl sites for hydroxylation is 1. The van der Waals surface area contributed by atoms with E-state index >= 15 is 0 Å². The van der Waals surface area contributed by atoms with E-state index in [1.165, 1.54) is 18.4 Å². The van der Waals surface area contributed by atoms with Gasteiger partial charge in [0.05, 0.1) is 6.10 Å². The summed E-state index contributed by atoms with van der Waals surface area (Å²) in [7, 11) is 0. The van der Waals surface area contributed by atoms with Gasteiger partial charge in [-0.2, -0.15) is 0 Å². The second kappa shape index (κ2) is 6.85. The van der Waals surface area contributed by atoms with Crippen LogP contribution >= 0.6 is 0 Å². The molecule has 126 valence electrons. The lowest BCUT2D eigenvalue weighted by atomic mass is 10.0. The lowest BCUT2D eigenvalue weighted by Gasteiger charge is -2.19. The third-order valence-electron chi connectivity index (χ3n) is 5.25. The van der Waals surface area contributed by atoms with Gasteiger partial charge in [-0.25, -0.2) is 9.97 Å². The summed E-state index contributed by atoms with van der Waals surface area (Å²) < 4.78 is 0. The van der Waals surface area contributed by atoms with Crippen LogP contribution in [0.4, 0.5) is 5.82 Å². The minimum Gasteiger partial charge on any atom is -0.391 e. The summed E-state index contributed by atoms with van der Waals surface area (Å²) in [5, 5.41) is 13.8. The first-order chi connectivity index (χ1) is 11.8. The van der Waals surface area contributed by atoms with Crippen molar-refractivity contribution in [3.05, 3.63) is 35.7 Å². The number of nitrogens with zero attached hydrogens (tertiary/aromatic N) is 3. The number of hydrogen-bond acceptors (Lipinski definition) is 5. The van der Waals surface area contributed by atoms with E-state index in [0.717, 1.165) is 49.3 Å². The zero-order valence-corrected chi connectivity index (χ0v) is 13.9. The molecule has 1 saturated carbocycles. The molecule has 5 heteroatoms. The van der Waals surface area contributed by atoms with E-state index in [1.807, 2.05) is 18.2 Å². The summed E-state index contributed by atoms with van der Waals surface area (Å²) in [6, 6.07) is 5.79. The van der Waals surface area contributed by atoms with Crippen LogP contribution in [0.1, 0.15) is 43.4 Å². The number of aliphatic hydroxyl groups excluding tert-OH is 1. The van der Waals surface area contributed by atoms with Crippen molar-refractivity contribution >= 4 is 5.82 Å². The monoisotopic (exact) mass is 324 g/mol. The minimum atomic E-state index is -0.294. The van der Waals surface area contributed by atoms with E-state index in [2.05, 4.69) is 10.3 Å². The zero-order valence-electron chi connectivity index (χ0n) is 13.9. The molecule has 1 fully saturated rings. The van der Waals surface area contributed by atoms with Crippen molar-refractivity contribution in [2.45, 2.75) is 51.0 Å². The predicted molar refractivity (Wildman–Crippen MR) is 93.7 cm³/mol. The highest BCUT2D eigenvalue weighted by Crippen LogP contribution is 2.30. The Labute approximate surface area is 142 Å². The SMILES string of the molecule is OC(CNc1nc(-c2ccccn2)nc2c1CCC2)C1CCCC1. The highest BCUT2D eigenvalue weighted by Gasteiger charge is 2.25. The van der Waals surface area contributed by atoms with Gasteiger partial charge in [-0.1, -0.05) is 18.9 Å². The van der Waals surface area contributed by atoms with Gasteiger partial charge in [-0.3, -0.25) is 4.98 Å². The Kier molecular flexibility index (Phi) is 4.43. The van der Waals surface area contributed by atoms with E-state index in [0.29, 0.717) is 18.3 Å². The van der Waals surface area contributed by atoms with Crippen LogP contribution in [0.5, 0.6) is 0 Å². The Morgan fingerprint density at radius 2 is 2.00 bits per heavy atom. The molecule has 2 aliphatic carbocycles. The summed E-state index contributed by atoms with van der Waals surface area (Å²) in [5.74, 6) is 1.99. The van der Waals surface area contributed by atoms with Crippen molar-refractivity contribution < 1.29 is 5.11 Å². The van der Waals surface area contributed by atoms with E-state index in [4.69, 9.17) is 9.97 Å². The lowest BCUT2D eigenvalue weighted by molar-refractivity contribution is 0.122. The molecule has 0 amide bonds. The fourth-order valence-corrected chi connectivity index (χ4v) is 3.90. The van der Waals surface area contributed by atoms with Crippen molar-refractivity contribution in [3.8, 4) is 11.5 Å². The van der Waals surface area contributed by atoms with Crippen molar-refractivity contribution in [3.63, 3.8) is 0 Å². The molecule has 0 spiro atoms. The van der Waals surface area contributed by atoms with Crippen LogP contribution in [-0.4, -0.2) is 32.7 Å². The van der Waals surface area contributed by atoms with E-state index in [9.17, 15) is 5.11 Å². The zero-order chi connectivity index (χ0) is 16.4. The number of hydrogen-bond donors (Lipinski definition) is 2. The molecular weight excluding hydrogens is 300 g/mol. The molecule has 0 saturated heterocycles. The van der Waals surface area contributed by atoms with Crippen LogP contribution in [-0.2, 0) is 12.8 Å². The molecule has 2 aliphatic rings. The van der Waals surface area contributed by atoms with Crippen molar-refractivity contribution in [1.82, 2.24) is 15.0 Å². The van der Waals surface area contributed by atoms with Gasteiger partial charge in [0.25, 0.3) is 0 Å². The standard InChI is InChI=1S/C19H24N4O/c24-17(13-6-1-2-7-13)12-21-18-14-8-5-10-15(14)22-19(23-18)16-9-3-4-11-20-16/h3-4,9,11,13,17,24H,1-2,5-8,10,12H2,(H,21,22,23). The molecule has 4 rings (SSSR count). The summed E-state index contributed by atoms with van der Waals surface area (Å²) >= 11 is 0. The number of aromatic nitrogens is 3. The van der Waals surface area contributed by atoms with E-state index in [-0.39, 0.29) is 6.10 Å². The van der Waals surface area contributed by atoms with Gasteiger partial charge in [0.2, 0.25) is 0 Å². The minimum absolute atomic E-state index is 0.294. The van der Waals surface area contributed by atoms with Crippen LogP contribution in [0.15, 0.2) is 24.4 Å². The van der Waals surface area contributed by atoms with Crippen LogP contribution < -0.4 is 5.32 Å². The molecule has 5 nitrogen and oxygen atoms in total. The number of nitrogens with one attached hydrogen (secondary N) is 1. The number of rotatable bonds is 5. The number of pyridine rings is 1. The molecule has 2 aromatic heterocycles. The molecule has 1 atom stereocenters. The molecule has 1 unspecified atom stereocenters. The van der Waals surface area contributed by atoms with Crippen LogP contribution in [0, 0.1) is 5.92 Å². The fourth-order valence-electron chi connectivity index (χ4n) is 3.90. The Morgan fingerprint density at radius 1 is 1.12 bits per heavy atom. The van der Waals surface area contributed by atoms with Crippen molar-refractivity contribution in [2.24, 2.45) is 5.92 Å². The molecular formula is C19H24N4O. The first-order valence-electron chi connectivity index (χ1n) is 9.04. The van der Waals surface area contributed by atoms with Gasteiger partial charge < -0.3 is 10.4 Å². The predicted octanol–water partition coefficient (Wildman–Crippen LogP) is 2.99. The van der Waals surface area contributed by atoms with Gasteiger partial charge in [0, 0.05) is 24.0 Å². The molecule has 2 heterocycles. The first kappa shape index (κ1) is 15.5. The van der Waals surface area contributed by atoms with E-state index in [1.54, 1.807) is 6.20 Å². The van der Waals surface area contributed by atoms with Gasteiger partial charge in [-0.05, 0) is 50.2 Å². The van der Waals surface area contributed by atoms with Gasteiger partial charge in [0.15, 0.2) is 5.82 Å². The quantitative estimate of drug-likeness (QED) is 0.885. The molecule has 0 aliphatic heterocycles. The van der Waals surface area contributed by atoms with Crippen LogP contribution in [0.2, 0.25) is 0 Å². The molecule has 2 aromatic rings. The second-order valence-corrected chi connectivity index (χ2v) is 6.88. The molecule has 24 heavy (non-hydrogen) atoms. The third kappa shape index (κ3) is 3.13. The maximum absolute atomic E-state index is 10.4. The van der Waals surface area contributed by atoms with Crippen LogP contribution in [0.25, 0.3) is 11.5 Å². The van der Waals surface area contributed by atoms with Gasteiger partial charge >= 0.3 is 0 Å². The Morgan fingerprint density at radius 3 is 2.79 bits per heavy atom. The summed E-state index contributed by atoms with van der Waals surface area (Å²) in [6.07, 6.45) is 9.38. The maximum Gasteiger partial charge on any atom is 0.180 e. The third-order valence-corrected chi connectivity index (χ3v) is 5.25. The summed E-state index contributed by atoms with van der Waals surface area (Å²) in [4.78, 5) is 13.8. The summed E-state index contributed by atoms with van der Waals surface area (Å²) in [5.41, 5.74) is 3.14.